The lowest BCUT2D eigenvalue weighted by atomic mass is 9.91. The number of aryl methyl sites for hydroxylation is 2. The number of aromatic nitrogens is 3. The Balaban J connectivity index is 1.90. The van der Waals surface area contributed by atoms with Gasteiger partial charge in [0.05, 0.1) is 11.0 Å². The molecule has 0 unspecified atom stereocenters. The van der Waals surface area contributed by atoms with Crippen molar-refractivity contribution in [2.24, 2.45) is 0 Å². The monoisotopic (exact) mass is 377 g/mol. The summed E-state index contributed by atoms with van der Waals surface area (Å²) in [5.74, 6) is 0.711. The van der Waals surface area contributed by atoms with Crippen LogP contribution in [0.1, 0.15) is 25.0 Å². The molecule has 0 fully saturated rings. The number of hydrogen-bond acceptors (Lipinski definition) is 2. The van der Waals surface area contributed by atoms with Crippen LogP contribution in [0.15, 0.2) is 79.1 Å². The van der Waals surface area contributed by atoms with Crippen LogP contribution >= 0.6 is 0 Å². The minimum atomic E-state index is 0.711. The summed E-state index contributed by atoms with van der Waals surface area (Å²) < 4.78 is 2.18. The second-order valence-electron chi connectivity index (χ2n) is 7.29. The second-order valence-corrected chi connectivity index (χ2v) is 7.29. The van der Waals surface area contributed by atoms with E-state index >= 15 is 0 Å². The van der Waals surface area contributed by atoms with Crippen LogP contribution in [0.2, 0.25) is 0 Å². The molecule has 0 amide bonds. The summed E-state index contributed by atoms with van der Waals surface area (Å²) in [5.41, 5.74) is 7.69. The minimum absolute atomic E-state index is 0.711. The quantitative estimate of drug-likeness (QED) is 0.364. The van der Waals surface area contributed by atoms with Gasteiger partial charge in [0, 0.05) is 23.2 Å². The number of fused-ring (bicyclic) bond motifs is 3. The van der Waals surface area contributed by atoms with Crippen LogP contribution in [0.5, 0.6) is 0 Å². The largest absolute Gasteiger partial charge is 0.278 e. The molecular formula is C26H23N3. The van der Waals surface area contributed by atoms with Gasteiger partial charge in [-0.1, -0.05) is 56.3 Å². The average molecular weight is 377 g/mol. The summed E-state index contributed by atoms with van der Waals surface area (Å²) in [6, 6.07) is 23.8. The summed E-state index contributed by atoms with van der Waals surface area (Å²) in [6.45, 7) is 4.45. The highest BCUT2D eigenvalue weighted by Gasteiger charge is 2.17. The average Bonchev–Trinajstić information content (AvgIpc) is 3.12. The molecule has 0 aliphatic rings. The van der Waals surface area contributed by atoms with Gasteiger partial charge in [-0.05, 0) is 59.4 Å². The third-order valence-electron chi connectivity index (χ3n) is 5.72. The molecule has 0 bridgehead atoms. The third kappa shape index (κ3) is 2.82. The summed E-state index contributed by atoms with van der Waals surface area (Å²) in [4.78, 5) is 9.07. The first-order valence-electron chi connectivity index (χ1n) is 10.2. The first kappa shape index (κ1) is 17.6. The molecule has 0 spiro atoms. The van der Waals surface area contributed by atoms with E-state index < -0.39 is 0 Å². The lowest BCUT2D eigenvalue weighted by molar-refractivity contribution is 0.986. The number of rotatable bonds is 4. The van der Waals surface area contributed by atoms with Crippen molar-refractivity contribution in [3.63, 3.8) is 0 Å². The van der Waals surface area contributed by atoms with Crippen LogP contribution in [-0.4, -0.2) is 14.5 Å². The van der Waals surface area contributed by atoms with Crippen molar-refractivity contribution in [3.8, 4) is 17.1 Å². The maximum Gasteiger partial charge on any atom is 0.234 e. The molecule has 5 aromatic rings. The standard InChI is InChI=1S/C26H23N3/c1-3-18-10-5-6-11-20(18)22-17-23-21-12-7-8-13-24(21)29(25(23)16-19(22)4-2)26-27-14-9-15-28-26/h5-17H,3-4H2,1-2H3. The Morgan fingerprint density at radius 3 is 2.17 bits per heavy atom. The Labute approximate surface area is 170 Å². The van der Waals surface area contributed by atoms with Gasteiger partial charge < -0.3 is 0 Å². The van der Waals surface area contributed by atoms with E-state index in [1.807, 2.05) is 6.07 Å². The van der Waals surface area contributed by atoms with E-state index in [4.69, 9.17) is 0 Å². The number of hydrogen-bond donors (Lipinski definition) is 0. The van der Waals surface area contributed by atoms with E-state index in [1.54, 1.807) is 12.4 Å². The molecule has 3 heteroatoms. The van der Waals surface area contributed by atoms with Gasteiger partial charge in [0.15, 0.2) is 0 Å². The summed E-state index contributed by atoms with van der Waals surface area (Å²) in [5, 5.41) is 2.47. The van der Waals surface area contributed by atoms with E-state index in [2.05, 4.69) is 89.0 Å². The summed E-state index contributed by atoms with van der Waals surface area (Å²) >= 11 is 0. The van der Waals surface area contributed by atoms with Crippen LogP contribution in [0, 0.1) is 0 Å². The molecule has 3 aromatic carbocycles. The SMILES string of the molecule is CCc1ccccc1-c1cc2c3ccccc3n(-c3ncccn3)c2cc1CC. The third-order valence-corrected chi connectivity index (χ3v) is 5.72. The molecule has 0 aliphatic carbocycles. The smallest absolute Gasteiger partial charge is 0.234 e. The van der Waals surface area contributed by atoms with Crippen LogP contribution in [0.25, 0.3) is 38.9 Å². The van der Waals surface area contributed by atoms with E-state index in [9.17, 15) is 0 Å². The first-order chi connectivity index (χ1) is 14.3. The van der Waals surface area contributed by atoms with Gasteiger partial charge in [-0.2, -0.15) is 0 Å². The van der Waals surface area contributed by atoms with Crippen molar-refractivity contribution in [2.45, 2.75) is 26.7 Å². The van der Waals surface area contributed by atoms with E-state index in [0.717, 1.165) is 23.9 Å². The summed E-state index contributed by atoms with van der Waals surface area (Å²) in [6.07, 6.45) is 5.60. The fourth-order valence-corrected chi connectivity index (χ4v) is 4.32. The Kier molecular flexibility index (Phi) is 4.36. The van der Waals surface area contributed by atoms with Gasteiger partial charge in [0.25, 0.3) is 0 Å². The number of para-hydroxylation sites is 1. The zero-order valence-electron chi connectivity index (χ0n) is 16.8. The van der Waals surface area contributed by atoms with Crippen molar-refractivity contribution in [1.29, 1.82) is 0 Å². The Morgan fingerprint density at radius 2 is 1.38 bits per heavy atom. The molecule has 0 saturated heterocycles. The van der Waals surface area contributed by atoms with E-state index in [0.29, 0.717) is 5.95 Å². The van der Waals surface area contributed by atoms with Crippen LogP contribution < -0.4 is 0 Å². The highest BCUT2D eigenvalue weighted by molar-refractivity contribution is 6.10. The molecule has 2 heterocycles. The molecule has 0 saturated carbocycles. The lowest BCUT2D eigenvalue weighted by Gasteiger charge is -2.14. The fraction of sp³-hybridized carbons (Fsp3) is 0.154. The van der Waals surface area contributed by atoms with Crippen LogP contribution in [-0.2, 0) is 12.8 Å². The van der Waals surface area contributed by atoms with Gasteiger partial charge >= 0.3 is 0 Å². The molecule has 0 atom stereocenters. The normalized spacial score (nSPS) is 11.4. The molecular weight excluding hydrogens is 354 g/mol. The highest BCUT2D eigenvalue weighted by Crippen LogP contribution is 2.37. The van der Waals surface area contributed by atoms with Crippen molar-refractivity contribution >= 4 is 21.8 Å². The van der Waals surface area contributed by atoms with Gasteiger partial charge in [0.2, 0.25) is 5.95 Å². The molecule has 29 heavy (non-hydrogen) atoms. The van der Waals surface area contributed by atoms with Crippen molar-refractivity contribution in [2.75, 3.05) is 0 Å². The molecule has 2 aromatic heterocycles. The Hall–Kier alpha value is -3.46. The Bertz CT molecular complexity index is 1320. The molecule has 0 N–H and O–H groups in total. The molecule has 142 valence electrons. The van der Waals surface area contributed by atoms with Gasteiger partial charge in [-0.3, -0.25) is 4.57 Å². The fourth-order valence-electron chi connectivity index (χ4n) is 4.32. The van der Waals surface area contributed by atoms with E-state index in [-0.39, 0.29) is 0 Å². The summed E-state index contributed by atoms with van der Waals surface area (Å²) in [7, 11) is 0. The maximum absolute atomic E-state index is 4.54. The highest BCUT2D eigenvalue weighted by atomic mass is 15.1. The first-order valence-corrected chi connectivity index (χ1v) is 10.2. The topological polar surface area (TPSA) is 30.7 Å². The van der Waals surface area contributed by atoms with Gasteiger partial charge in [-0.25, -0.2) is 9.97 Å². The van der Waals surface area contributed by atoms with Crippen molar-refractivity contribution in [3.05, 3.63) is 90.3 Å². The number of nitrogens with zero attached hydrogens (tertiary/aromatic N) is 3. The van der Waals surface area contributed by atoms with Crippen LogP contribution in [0.3, 0.4) is 0 Å². The van der Waals surface area contributed by atoms with E-state index in [1.165, 1.54) is 33.0 Å². The van der Waals surface area contributed by atoms with Gasteiger partial charge in [0.1, 0.15) is 0 Å². The molecule has 0 radical (unpaired) electrons. The van der Waals surface area contributed by atoms with Crippen molar-refractivity contribution in [1.82, 2.24) is 14.5 Å². The zero-order valence-corrected chi connectivity index (χ0v) is 16.8. The minimum Gasteiger partial charge on any atom is -0.278 e. The Morgan fingerprint density at radius 1 is 0.655 bits per heavy atom. The molecule has 0 aliphatic heterocycles. The van der Waals surface area contributed by atoms with Gasteiger partial charge in [-0.15, -0.1) is 0 Å². The maximum atomic E-state index is 4.54. The number of benzene rings is 3. The lowest BCUT2D eigenvalue weighted by Crippen LogP contribution is -2.00. The molecule has 5 rings (SSSR count). The van der Waals surface area contributed by atoms with Crippen LogP contribution in [0.4, 0.5) is 0 Å². The molecule has 3 nitrogen and oxygen atoms in total. The predicted molar refractivity (Wildman–Crippen MR) is 121 cm³/mol. The van der Waals surface area contributed by atoms with Crippen molar-refractivity contribution < 1.29 is 0 Å². The second kappa shape index (κ2) is 7.17. The zero-order chi connectivity index (χ0) is 19.8. The predicted octanol–water partition coefficient (Wildman–Crippen LogP) is 6.37.